The van der Waals surface area contributed by atoms with E-state index in [0.717, 1.165) is 9.79 Å². The van der Waals surface area contributed by atoms with Crippen molar-refractivity contribution in [2.24, 2.45) is 0 Å². The van der Waals surface area contributed by atoms with Gasteiger partial charge in [-0.1, -0.05) is 23.9 Å². The molecule has 0 bridgehead atoms. The maximum absolute atomic E-state index is 11.2. The standard InChI is InChI=1S/C15H14N2O2S/c1-8-3-4-9(2)13(5-8)20-14-7-11-12(6-10(14)16)19-15(18)17-11/h3-7H,16H2,1-2H3,(H,17,18). The van der Waals surface area contributed by atoms with Gasteiger partial charge in [0.05, 0.1) is 5.52 Å². The number of rotatable bonds is 2. The molecule has 0 unspecified atom stereocenters. The molecule has 2 aromatic carbocycles. The molecule has 0 saturated heterocycles. The summed E-state index contributed by atoms with van der Waals surface area (Å²) in [7, 11) is 0. The molecule has 0 saturated carbocycles. The number of oxazole rings is 1. The Morgan fingerprint density at radius 2 is 1.95 bits per heavy atom. The average molecular weight is 286 g/mol. The van der Waals surface area contributed by atoms with Gasteiger partial charge in [-0.2, -0.15) is 0 Å². The second-order valence-electron chi connectivity index (χ2n) is 4.77. The number of H-pyrrole nitrogens is 1. The molecule has 1 aromatic heterocycles. The Balaban J connectivity index is 2.07. The molecule has 0 atom stereocenters. The molecule has 0 aliphatic heterocycles. The van der Waals surface area contributed by atoms with Crippen LogP contribution in [0.25, 0.3) is 11.1 Å². The van der Waals surface area contributed by atoms with Crippen LogP contribution < -0.4 is 11.5 Å². The van der Waals surface area contributed by atoms with Crippen LogP contribution in [0.5, 0.6) is 0 Å². The van der Waals surface area contributed by atoms with Crippen LogP contribution in [0.2, 0.25) is 0 Å². The molecule has 0 amide bonds. The van der Waals surface area contributed by atoms with Gasteiger partial charge in [0.25, 0.3) is 0 Å². The Morgan fingerprint density at radius 3 is 2.75 bits per heavy atom. The minimum Gasteiger partial charge on any atom is -0.408 e. The van der Waals surface area contributed by atoms with Gasteiger partial charge in [-0.3, -0.25) is 4.98 Å². The predicted molar refractivity (Wildman–Crippen MR) is 81.3 cm³/mol. The fraction of sp³-hybridized carbons (Fsp3) is 0.133. The van der Waals surface area contributed by atoms with Gasteiger partial charge >= 0.3 is 5.76 Å². The summed E-state index contributed by atoms with van der Waals surface area (Å²) in [4.78, 5) is 15.9. The molecular weight excluding hydrogens is 272 g/mol. The van der Waals surface area contributed by atoms with Crippen molar-refractivity contribution in [3.8, 4) is 0 Å². The van der Waals surface area contributed by atoms with E-state index in [-0.39, 0.29) is 0 Å². The van der Waals surface area contributed by atoms with Crippen LogP contribution in [0.1, 0.15) is 11.1 Å². The number of aryl methyl sites for hydroxylation is 2. The van der Waals surface area contributed by atoms with E-state index in [9.17, 15) is 4.79 Å². The van der Waals surface area contributed by atoms with Crippen LogP contribution in [-0.2, 0) is 0 Å². The van der Waals surface area contributed by atoms with Gasteiger partial charge in [0.1, 0.15) is 0 Å². The number of anilines is 1. The summed E-state index contributed by atoms with van der Waals surface area (Å²) in [6.45, 7) is 4.12. The molecule has 0 aliphatic carbocycles. The summed E-state index contributed by atoms with van der Waals surface area (Å²) < 4.78 is 5.00. The van der Waals surface area contributed by atoms with E-state index in [1.807, 2.05) is 6.07 Å². The summed E-state index contributed by atoms with van der Waals surface area (Å²) in [5.74, 6) is -0.465. The number of hydrogen-bond acceptors (Lipinski definition) is 4. The van der Waals surface area contributed by atoms with Crippen LogP contribution in [0.3, 0.4) is 0 Å². The summed E-state index contributed by atoms with van der Waals surface area (Å²) in [5, 5.41) is 0. The monoisotopic (exact) mass is 286 g/mol. The number of nitrogens with two attached hydrogens (primary N) is 1. The first kappa shape index (κ1) is 12.9. The quantitative estimate of drug-likeness (QED) is 0.707. The lowest BCUT2D eigenvalue weighted by Crippen LogP contribution is -1.93. The highest BCUT2D eigenvalue weighted by Gasteiger charge is 2.09. The lowest BCUT2D eigenvalue weighted by atomic mass is 10.2. The topological polar surface area (TPSA) is 72.0 Å². The molecule has 3 rings (SSSR count). The largest absolute Gasteiger partial charge is 0.417 e. The second kappa shape index (κ2) is 4.76. The first-order valence-electron chi connectivity index (χ1n) is 6.20. The molecule has 0 spiro atoms. The normalized spacial score (nSPS) is 11.1. The molecule has 0 radical (unpaired) electrons. The summed E-state index contributed by atoms with van der Waals surface area (Å²) >= 11 is 1.59. The molecule has 0 fully saturated rings. The Labute approximate surface area is 120 Å². The van der Waals surface area contributed by atoms with Gasteiger partial charge < -0.3 is 10.2 Å². The fourth-order valence-electron chi connectivity index (χ4n) is 2.02. The Morgan fingerprint density at radius 1 is 1.15 bits per heavy atom. The van der Waals surface area contributed by atoms with Crippen LogP contribution in [0, 0.1) is 13.8 Å². The highest BCUT2D eigenvalue weighted by molar-refractivity contribution is 7.99. The molecule has 20 heavy (non-hydrogen) atoms. The first-order chi connectivity index (χ1) is 9.52. The molecule has 3 aromatic rings. The van der Waals surface area contributed by atoms with E-state index in [1.54, 1.807) is 17.8 Å². The lowest BCUT2D eigenvalue weighted by Gasteiger charge is -2.09. The number of aromatic amines is 1. The molecular formula is C15H14N2O2S. The summed E-state index contributed by atoms with van der Waals surface area (Å²) in [6, 6.07) is 9.83. The SMILES string of the molecule is Cc1ccc(C)c(Sc2cc3[nH]c(=O)oc3cc2N)c1. The minimum atomic E-state index is -0.465. The maximum Gasteiger partial charge on any atom is 0.417 e. The molecule has 3 N–H and O–H groups in total. The van der Waals surface area contributed by atoms with Gasteiger partial charge in [0, 0.05) is 21.5 Å². The highest BCUT2D eigenvalue weighted by Crippen LogP contribution is 2.36. The second-order valence-corrected chi connectivity index (χ2v) is 5.86. The van der Waals surface area contributed by atoms with Crippen molar-refractivity contribution >= 4 is 28.5 Å². The van der Waals surface area contributed by atoms with Crippen molar-refractivity contribution in [1.29, 1.82) is 0 Å². The van der Waals surface area contributed by atoms with E-state index >= 15 is 0 Å². The third-order valence-electron chi connectivity index (χ3n) is 3.11. The number of hydrogen-bond donors (Lipinski definition) is 2. The summed E-state index contributed by atoms with van der Waals surface area (Å²) in [5.41, 5.74) is 10.2. The Kier molecular flexibility index (Phi) is 3.06. The van der Waals surface area contributed by atoms with Gasteiger partial charge in [-0.15, -0.1) is 0 Å². The third kappa shape index (κ3) is 2.32. The number of fused-ring (bicyclic) bond motifs is 1. The van der Waals surface area contributed by atoms with E-state index in [4.69, 9.17) is 10.2 Å². The molecule has 102 valence electrons. The van der Waals surface area contributed by atoms with Crippen molar-refractivity contribution in [2.45, 2.75) is 23.6 Å². The number of aromatic nitrogens is 1. The molecule has 4 nitrogen and oxygen atoms in total. The third-order valence-corrected chi connectivity index (χ3v) is 4.35. The Bertz CT molecular complexity index is 849. The molecule has 0 aliphatic rings. The molecule has 5 heteroatoms. The zero-order valence-electron chi connectivity index (χ0n) is 11.2. The van der Waals surface area contributed by atoms with Crippen LogP contribution in [0.4, 0.5) is 5.69 Å². The summed E-state index contributed by atoms with van der Waals surface area (Å²) in [6.07, 6.45) is 0. The zero-order chi connectivity index (χ0) is 14.3. The predicted octanol–water partition coefficient (Wildman–Crippen LogP) is 3.47. The van der Waals surface area contributed by atoms with Gasteiger partial charge in [-0.05, 0) is 37.1 Å². The zero-order valence-corrected chi connectivity index (χ0v) is 12.0. The van der Waals surface area contributed by atoms with E-state index in [1.165, 1.54) is 11.1 Å². The number of benzene rings is 2. The van der Waals surface area contributed by atoms with Crippen molar-refractivity contribution in [3.05, 3.63) is 52.0 Å². The van der Waals surface area contributed by atoms with Crippen LogP contribution >= 0.6 is 11.8 Å². The van der Waals surface area contributed by atoms with E-state index in [0.29, 0.717) is 16.8 Å². The minimum absolute atomic E-state index is 0.465. The van der Waals surface area contributed by atoms with Gasteiger partial charge in [0.15, 0.2) is 5.58 Å². The van der Waals surface area contributed by atoms with E-state index in [2.05, 4.69) is 37.0 Å². The van der Waals surface area contributed by atoms with Crippen molar-refractivity contribution in [3.63, 3.8) is 0 Å². The van der Waals surface area contributed by atoms with Crippen molar-refractivity contribution < 1.29 is 4.42 Å². The Hall–Kier alpha value is -2.14. The fourth-order valence-corrected chi connectivity index (χ4v) is 3.08. The maximum atomic E-state index is 11.2. The highest BCUT2D eigenvalue weighted by atomic mass is 32.2. The van der Waals surface area contributed by atoms with Gasteiger partial charge in [0.2, 0.25) is 0 Å². The lowest BCUT2D eigenvalue weighted by molar-refractivity contribution is 0.555. The van der Waals surface area contributed by atoms with Crippen LogP contribution in [-0.4, -0.2) is 4.98 Å². The van der Waals surface area contributed by atoms with E-state index < -0.39 is 5.76 Å². The van der Waals surface area contributed by atoms with Gasteiger partial charge in [-0.25, -0.2) is 4.79 Å². The number of nitrogen functional groups attached to an aromatic ring is 1. The number of nitrogens with one attached hydrogen (secondary N) is 1. The van der Waals surface area contributed by atoms with Crippen molar-refractivity contribution in [1.82, 2.24) is 4.98 Å². The van der Waals surface area contributed by atoms with Crippen molar-refractivity contribution in [2.75, 3.05) is 5.73 Å². The average Bonchev–Trinajstić information content (AvgIpc) is 2.73. The molecule has 1 heterocycles. The smallest absolute Gasteiger partial charge is 0.408 e. The van der Waals surface area contributed by atoms with Crippen LogP contribution in [0.15, 0.2) is 49.3 Å². The first-order valence-corrected chi connectivity index (χ1v) is 7.02.